The molecule has 12 heavy (non-hydrogen) atoms. The van der Waals surface area contributed by atoms with Crippen LogP contribution in [0, 0.1) is 0 Å². The lowest BCUT2D eigenvalue weighted by atomic mass is 10.4. The van der Waals surface area contributed by atoms with Crippen molar-refractivity contribution < 1.29 is 27.0 Å². The number of halogens is 2. The number of hydrogen-bond donors (Lipinski definition) is 1. The Kier molecular flexibility index (Phi) is 7.94. The van der Waals surface area contributed by atoms with Gasteiger partial charge in [0.1, 0.15) is 32.3 Å². The normalized spacial score (nSPS) is 13.0. The molecule has 0 aliphatic rings. The van der Waals surface area contributed by atoms with Crippen LogP contribution in [-0.2, 0) is 4.84 Å². The van der Waals surface area contributed by atoms with E-state index < -0.39 is 0 Å². The lowest BCUT2D eigenvalue weighted by Gasteiger charge is -2.26. The average Bonchev–Trinajstić information content (AvgIpc) is 1.86. The van der Waals surface area contributed by atoms with E-state index in [9.17, 15) is 0 Å². The summed E-state index contributed by atoms with van der Waals surface area (Å²) in [6.45, 7) is 3.94. The van der Waals surface area contributed by atoms with Gasteiger partial charge in [0.05, 0.1) is 6.61 Å². The maximum Gasteiger partial charge on any atom is 0.147 e. The molecule has 0 aliphatic carbocycles. The minimum atomic E-state index is -0.273. The van der Waals surface area contributed by atoms with Gasteiger partial charge >= 0.3 is 0 Å². The van der Waals surface area contributed by atoms with Gasteiger partial charge in [-0.2, -0.15) is 0 Å². The van der Waals surface area contributed by atoms with Crippen LogP contribution < -0.4 is 12.4 Å². The highest BCUT2D eigenvalue weighted by Gasteiger charge is 2.20. The van der Waals surface area contributed by atoms with Gasteiger partial charge in [-0.05, 0) is 0 Å². The van der Waals surface area contributed by atoms with Gasteiger partial charge in [0.25, 0.3) is 0 Å². The highest BCUT2D eigenvalue weighted by Crippen LogP contribution is 2.05. The summed E-state index contributed by atoms with van der Waals surface area (Å²) in [5.41, 5.74) is 0. The fourth-order valence-electron chi connectivity index (χ4n) is 0.780. The van der Waals surface area contributed by atoms with Crippen LogP contribution in [0.25, 0.3) is 0 Å². The summed E-state index contributed by atoms with van der Waals surface area (Å²) >= 11 is 5.71. The van der Waals surface area contributed by atoms with Crippen LogP contribution >= 0.6 is 11.6 Å². The van der Waals surface area contributed by atoms with Gasteiger partial charge in [-0.3, -0.25) is 0 Å². The molecule has 0 spiro atoms. The Hall–Kier alpha value is 0.0400. The second-order valence-electron chi connectivity index (χ2n) is 2.81. The van der Waals surface area contributed by atoms with Crippen LogP contribution in [0.15, 0.2) is 12.8 Å². The monoisotopic (exact) mass is 215 g/mol. The van der Waals surface area contributed by atoms with E-state index in [-0.39, 0.29) is 29.0 Å². The summed E-state index contributed by atoms with van der Waals surface area (Å²) in [4.78, 5) is 5.11. The molecule has 0 saturated heterocycles. The molecule has 0 saturated carbocycles. The predicted octanol–water partition coefficient (Wildman–Crippen LogP) is -2.26. The van der Waals surface area contributed by atoms with Gasteiger partial charge in [0.15, 0.2) is 0 Å². The second-order valence-corrected chi connectivity index (χ2v) is 3.43. The SMILES string of the molecule is C=CO[N+](C)(C)CC(Cl)CO.[Cl-]. The number of quaternary nitrogens is 1. The third-order valence-electron chi connectivity index (χ3n) is 1.20. The minimum Gasteiger partial charge on any atom is -1.00 e. The molecule has 5 heteroatoms. The molecule has 0 rings (SSSR count). The predicted molar refractivity (Wildman–Crippen MR) is 45.0 cm³/mol. The lowest BCUT2D eigenvalue weighted by molar-refractivity contribution is -1.07. The third-order valence-corrected chi connectivity index (χ3v) is 1.47. The van der Waals surface area contributed by atoms with Crippen molar-refractivity contribution in [3.05, 3.63) is 12.8 Å². The topological polar surface area (TPSA) is 29.5 Å². The molecular formula is C7H15Cl2NO2. The van der Waals surface area contributed by atoms with Gasteiger partial charge < -0.3 is 22.4 Å². The molecule has 0 aliphatic heterocycles. The molecule has 0 fully saturated rings. The van der Waals surface area contributed by atoms with E-state index in [1.807, 2.05) is 14.1 Å². The minimum absolute atomic E-state index is 0. The molecule has 1 N–H and O–H groups in total. The average molecular weight is 216 g/mol. The van der Waals surface area contributed by atoms with Gasteiger partial charge in [-0.25, -0.2) is 0 Å². The van der Waals surface area contributed by atoms with E-state index in [2.05, 4.69) is 6.58 Å². The van der Waals surface area contributed by atoms with Gasteiger partial charge in [0.2, 0.25) is 0 Å². The van der Waals surface area contributed by atoms with Crippen molar-refractivity contribution in [2.75, 3.05) is 27.2 Å². The number of rotatable bonds is 5. The molecule has 0 heterocycles. The van der Waals surface area contributed by atoms with E-state index >= 15 is 0 Å². The molecule has 1 unspecified atom stereocenters. The molecule has 0 radical (unpaired) electrons. The first-order chi connectivity index (χ1) is 5.02. The van der Waals surface area contributed by atoms with Crippen molar-refractivity contribution >= 4 is 11.6 Å². The summed E-state index contributed by atoms with van der Waals surface area (Å²) in [5, 5.41) is 8.37. The molecule has 0 amide bonds. The summed E-state index contributed by atoms with van der Waals surface area (Å²) in [6.07, 6.45) is 1.36. The number of aliphatic hydroxyl groups is 1. The third kappa shape index (κ3) is 6.73. The van der Waals surface area contributed by atoms with Crippen LogP contribution in [0.5, 0.6) is 0 Å². The van der Waals surface area contributed by atoms with Crippen molar-refractivity contribution in [3.63, 3.8) is 0 Å². The number of alkyl halides is 1. The Morgan fingerprint density at radius 1 is 1.67 bits per heavy atom. The highest BCUT2D eigenvalue weighted by molar-refractivity contribution is 6.20. The zero-order valence-corrected chi connectivity index (χ0v) is 8.85. The standard InChI is InChI=1S/C7H15ClNO2.ClH/c1-4-11-9(2,3)5-7(8)6-10;/h4,7,10H,1,5-6H2,2-3H3;1H/q+1;/p-1. The number of nitrogens with zero attached hydrogens (tertiary/aromatic N) is 1. The van der Waals surface area contributed by atoms with Crippen LogP contribution in [0.1, 0.15) is 0 Å². The van der Waals surface area contributed by atoms with E-state index in [0.717, 1.165) is 0 Å². The molecule has 0 bridgehead atoms. The first kappa shape index (κ1) is 14.6. The van der Waals surface area contributed by atoms with Gasteiger partial charge in [0, 0.05) is 0 Å². The fraction of sp³-hybridized carbons (Fsp3) is 0.714. The maximum absolute atomic E-state index is 8.64. The van der Waals surface area contributed by atoms with Crippen LogP contribution in [0.4, 0.5) is 0 Å². The molecule has 0 aromatic carbocycles. The van der Waals surface area contributed by atoms with Crippen LogP contribution in [0.3, 0.4) is 0 Å². The van der Waals surface area contributed by atoms with Crippen molar-refractivity contribution in [2.45, 2.75) is 5.38 Å². The quantitative estimate of drug-likeness (QED) is 0.243. The number of aliphatic hydroxyl groups excluding tert-OH is 1. The Labute approximate surface area is 84.5 Å². The summed E-state index contributed by atoms with van der Waals surface area (Å²) in [7, 11) is 3.68. The van der Waals surface area contributed by atoms with E-state index in [1.54, 1.807) is 0 Å². The first-order valence-corrected chi connectivity index (χ1v) is 3.82. The molecule has 0 aromatic rings. The van der Waals surface area contributed by atoms with Gasteiger partial charge in [-0.1, -0.05) is 6.58 Å². The fourth-order valence-corrected chi connectivity index (χ4v) is 1.11. The van der Waals surface area contributed by atoms with Crippen molar-refractivity contribution in [1.82, 2.24) is 0 Å². The van der Waals surface area contributed by atoms with Crippen molar-refractivity contribution in [3.8, 4) is 0 Å². The van der Waals surface area contributed by atoms with Crippen molar-refractivity contribution in [1.29, 1.82) is 0 Å². The summed E-state index contributed by atoms with van der Waals surface area (Å²) in [5.74, 6) is 0. The first-order valence-electron chi connectivity index (χ1n) is 3.39. The number of hydrogen-bond acceptors (Lipinski definition) is 2. The zero-order chi connectivity index (χ0) is 8.91. The largest absolute Gasteiger partial charge is 1.00 e. The molecule has 1 atom stereocenters. The van der Waals surface area contributed by atoms with E-state index in [4.69, 9.17) is 21.5 Å². The second kappa shape index (κ2) is 6.54. The molecule has 0 aromatic heterocycles. The highest BCUT2D eigenvalue weighted by atomic mass is 35.5. The lowest BCUT2D eigenvalue weighted by Crippen LogP contribution is -3.00. The van der Waals surface area contributed by atoms with Crippen molar-refractivity contribution in [2.24, 2.45) is 0 Å². The smallest absolute Gasteiger partial charge is 0.147 e. The Morgan fingerprint density at radius 3 is 2.50 bits per heavy atom. The molecule has 74 valence electrons. The summed E-state index contributed by atoms with van der Waals surface area (Å²) < 4.78 is 0.276. The zero-order valence-electron chi connectivity index (χ0n) is 7.33. The van der Waals surface area contributed by atoms with Crippen LogP contribution in [0.2, 0.25) is 0 Å². The Balaban J connectivity index is 0. The maximum atomic E-state index is 8.64. The number of hydroxylamine groups is 3. The van der Waals surface area contributed by atoms with E-state index in [0.29, 0.717) is 6.54 Å². The summed E-state index contributed by atoms with van der Waals surface area (Å²) in [6, 6.07) is 0. The molecular weight excluding hydrogens is 201 g/mol. The van der Waals surface area contributed by atoms with E-state index in [1.165, 1.54) is 6.26 Å². The molecule has 3 nitrogen and oxygen atoms in total. The van der Waals surface area contributed by atoms with Crippen LogP contribution in [-0.4, -0.2) is 42.4 Å². The Morgan fingerprint density at radius 2 is 2.17 bits per heavy atom. The Bertz CT molecular complexity index is 131. The van der Waals surface area contributed by atoms with Gasteiger partial charge in [-0.15, -0.1) is 16.2 Å².